The summed E-state index contributed by atoms with van der Waals surface area (Å²) in [5, 5.41) is 0. The van der Waals surface area contributed by atoms with E-state index >= 15 is 0 Å². The maximum absolute atomic E-state index is 9.29. The monoisotopic (exact) mass is 981 g/mol. The van der Waals surface area contributed by atoms with Crippen molar-refractivity contribution >= 4 is 104 Å². The second kappa shape index (κ2) is 22.1. The minimum absolute atomic E-state index is 0. The van der Waals surface area contributed by atoms with Crippen molar-refractivity contribution in [2.24, 2.45) is 0 Å². The molecule has 0 N–H and O–H groups in total. The molecule has 0 atom stereocenters. The van der Waals surface area contributed by atoms with Gasteiger partial charge in [0.25, 0.3) is 0 Å². The van der Waals surface area contributed by atoms with Gasteiger partial charge in [-0.1, -0.05) is 0 Å². The van der Waals surface area contributed by atoms with Gasteiger partial charge in [0.05, 0.1) is 0 Å². The first-order valence-electron chi connectivity index (χ1n) is 6.67. The van der Waals surface area contributed by atoms with E-state index in [1.165, 1.54) is 0 Å². The fraction of sp³-hybridized carbons (Fsp3) is 0. The Balaban J connectivity index is -0.0000000842. The van der Waals surface area contributed by atoms with Crippen molar-refractivity contribution in [1.82, 2.24) is 0 Å². The smallest absolute Gasteiger partial charge is 0.231 e. The third-order valence-electron chi connectivity index (χ3n) is 0.833. The van der Waals surface area contributed by atoms with Gasteiger partial charge in [0.1, 0.15) is 0 Å². The molecule has 47 heavy (non-hydrogen) atoms. The Morgan fingerprint density at radius 2 is 0.234 bits per heavy atom. The molecule has 0 aromatic rings. The van der Waals surface area contributed by atoms with Gasteiger partial charge in [0.2, 0.25) is 104 Å². The Labute approximate surface area is 286 Å². The number of rotatable bonds is 10. The molecule has 290 valence electrons. The van der Waals surface area contributed by atoms with Crippen LogP contribution in [0.4, 0.5) is 0 Å². The van der Waals surface area contributed by atoms with E-state index in [2.05, 4.69) is 18.1 Å². The first kappa shape index (κ1) is 62.2. The molecule has 0 aliphatic rings. The standard InChI is InChI=1S/5H2O7S2.2V/c5*1-8(2,3)7-9(4,5)6;;/h5*(H,1,2,3)(H,4,5,6);;/p-10. The van der Waals surface area contributed by atoms with Gasteiger partial charge in [-0.3, -0.25) is 0 Å². The molecule has 0 aliphatic carbocycles. The predicted octanol–water partition coefficient (Wildman–Crippen LogP) is -10.4. The van der Waals surface area contributed by atoms with Crippen LogP contribution in [-0.2, 0) is 159 Å². The molecule has 0 aromatic carbocycles. The molecule has 0 aliphatic heterocycles. The van der Waals surface area contributed by atoms with Crippen LogP contribution >= 0.6 is 0 Å². The van der Waals surface area contributed by atoms with Crippen molar-refractivity contribution in [3.8, 4) is 0 Å². The zero-order valence-electron chi connectivity index (χ0n) is 19.3. The van der Waals surface area contributed by atoms with E-state index in [0.717, 1.165) is 0 Å². The molecule has 0 heterocycles. The molecule has 0 aromatic heterocycles. The molecule has 0 spiro atoms. The first-order chi connectivity index (χ1) is 18.5. The maximum Gasteiger partial charge on any atom is 0.231 e. The summed E-state index contributed by atoms with van der Waals surface area (Å²) in [5.41, 5.74) is 0. The summed E-state index contributed by atoms with van der Waals surface area (Å²) in [7, 11) is -54.3. The van der Waals surface area contributed by atoms with Crippen LogP contribution in [0.3, 0.4) is 0 Å². The normalized spacial score (nSPS) is 13.0. The van der Waals surface area contributed by atoms with Crippen LogP contribution in [-0.4, -0.2) is 130 Å². The average molecular weight is 983 g/mol. The molecule has 0 saturated carbocycles. The summed E-state index contributed by atoms with van der Waals surface area (Å²) < 4.78 is 291. The second-order valence-electron chi connectivity index (χ2n) is 4.42. The Morgan fingerprint density at radius 3 is 0.234 bits per heavy atom. The van der Waals surface area contributed by atoms with Crippen molar-refractivity contribution in [3.05, 3.63) is 0 Å². The zero-order chi connectivity index (χ0) is 38.5. The Kier molecular flexibility index (Phi) is 29.3. The van der Waals surface area contributed by atoms with Crippen LogP contribution in [0.1, 0.15) is 0 Å². The molecule has 0 unspecified atom stereocenters. The summed E-state index contributed by atoms with van der Waals surface area (Å²) in [4.78, 5) is 0. The topological polar surface area (TPSA) is 618 Å². The number of hydrogen-bond acceptors (Lipinski definition) is 35. The van der Waals surface area contributed by atoms with Crippen LogP contribution in [0.5, 0.6) is 0 Å². The minimum atomic E-state index is -5.43. The molecular weight excluding hydrogens is 983 g/mol. The fourth-order valence-corrected chi connectivity index (χ4v) is 4.59. The van der Waals surface area contributed by atoms with Gasteiger partial charge in [-0.25, -0.2) is 84.2 Å². The van der Waals surface area contributed by atoms with Crippen molar-refractivity contribution in [2.75, 3.05) is 0 Å². The molecule has 0 bridgehead atoms. The summed E-state index contributed by atoms with van der Waals surface area (Å²) in [6.45, 7) is 0. The van der Waals surface area contributed by atoms with Crippen molar-refractivity contribution in [2.45, 2.75) is 0 Å². The van der Waals surface area contributed by atoms with Crippen LogP contribution in [0.25, 0.3) is 0 Å². The van der Waals surface area contributed by atoms with Crippen molar-refractivity contribution < 1.29 is 185 Å². The fourth-order valence-electron chi connectivity index (χ4n) is 0.510. The maximum atomic E-state index is 9.29. The van der Waals surface area contributed by atoms with Crippen molar-refractivity contribution in [3.63, 3.8) is 0 Å². The van der Waals surface area contributed by atoms with Gasteiger partial charge in [0, 0.05) is 37.1 Å². The van der Waals surface area contributed by atoms with E-state index in [4.69, 9.17) is 0 Å². The Morgan fingerprint density at radius 1 is 0.191 bits per heavy atom. The molecule has 35 nitrogen and oxygen atoms in total. The third kappa shape index (κ3) is 99.0. The van der Waals surface area contributed by atoms with Gasteiger partial charge in [-0.2, -0.15) is 18.1 Å². The molecule has 0 saturated heterocycles. The first-order valence-corrected chi connectivity index (χ1v) is 20.0. The number of hydrogen-bond donors (Lipinski definition) is 0. The summed E-state index contributed by atoms with van der Waals surface area (Å²) in [5.74, 6) is 0. The molecular formula is O35S10V2-10. The molecule has 2 radical (unpaired) electrons. The SMILES string of the molecule is O=S(=O)([O-])OS(=O)(=O)[O-].O=S(=O)([O-])OS(=O)(=O)[O-].O=S(=O)([O-])OS(=O)(=O)[O-].O=S(=O)([O-])OS(=O)(=O)[O-].O=S(=O)([O-])OS(=O)(=O)[O-].[V].[V]. The Hall–Kier alpha value is 0.0688. The molecule has 47 heteroatoms. The minimum Gasteiger partial charge on any atom is -0.725 e. The van der Waals surface area contributed by atoms with Crippen LogP contribution in [0, 0.1) is 0 Å². The second-order valence-corrected chi connectivity index (χ2v) is 15.3. The predicted molar refractivity (Wildman–Crippen MR) is 102 cm³/mol. The van der Waals surface area contributed by atoms with E-state index in [9.17, 15) is 130 Å². The van der Waals surface area contributed by atoms with Gasteiger partial charge >= 0.3 is 0 Å². The molecule has 0 fully saturated rings. The van der Waals surface area contributed by atoms with Gasteiger partial charge in [0.15, 0.2) is 0 Å². The van der Waals surface area contributed by atoms with Crippen LogP contribution in [0.2, 0.25) is 0 Å². The van der Waals surface area contributed by atoms with Crippen molar-refractivity contribution in [1.29, 1.82) is 0 Å². The van der Waals surface area contributed by atoms with E-state index in [0.29, 0.717) is 0 Å². The zero-order valence-corrected chi connectivity index (χ0v) is 30.2. The van der Waals surface area contributed by atoms with Gasteiger partial charge < -0.3 is 45.5 Å². The van der Waals surface area contributed by atoms with E-state index in [-0.39, 0.29) is 37.1 Å². The van der Waals surface area contributed by atoms with Gasteiger partial charge in [-0.05, 0) is 0 Å². The van der Waals surface area contributed by atoms with E-state index < -0.39 is 104 Å². The third-order valence-corrected chi connectivity index (χ3v) is 7.50. The summed E-state index contributed by atoms with van der Waals surface area (Å²) >= 11 is 0. The van der Waals surface area contributed by atoms with E-state index in [1.807, 2.05) is 0 Å². The van der Waals surface area contributed by atoms with Gasteiger partial charge in [-0.15, -0.1) is 0 Å². The summed E-state index contributed by atoms with van der Waals surface area (Å²) in [6, 6.07) is 0. The largest absolute Gasteiger partial charge is 0.725 e. The summed E-state index contributed by atoms with van der Waals surface area (Å²) in [6.07, 6.45) is 0. The Bertz CT molecular complexity index is 1530. The molecule has 0 rings (SSSR count). The van der Waals surface area contributed by atoms with E-state index in [1.54, 1.807) is 0 Å². The molecule has 0 amide bonds. The van der Waals surface area contributed by atoms with Crippen LogP contribution in [0.15, 0.2) is 0 Å². The average Bonchev–Trinajstić information content (AvgIpc) is 2.36. The quantitative estimate of drug-likeness (QED) is 0.145. The van der Waals surface area contributed by atoms with Crippen LogP contribution < -0.4 is 0 Å².